The molecule has 11 heteroatoms. The van der Waals surface area contributed by atoms with E-state index in [1.807, 2.05) is 23.5 Å². The van der Waals surface area contributed by atoms with E-state index in [1.54, 1.807) is 53.5 Å². The number of imidazole rings is 1. The predicted octanol–water partition coefficient (Wildman–Crippen LogP) is 4.35. The Balaban J connectivity index is 1.33. The second kappa shape index (κ2) is 10.4. The molecule has 9 nitrogen and oxygen atoms in total. The summed E-state index contributed by atoms with van der Waals surface area (Å²) in [5.74, 6) is 0.571. The molecule has 1 fully saturated rings. The van der Waals surface area contributed by atoms with Gasteiger partial charge in [0.1, 0.15) is 5.75 Å². The number of carbonyl (C=O) groups excluding carboxylic acids is 2. The molecule has 0 radical (unpaired) electrons. The van der Waals surface area contributed by atoms with Crippen LogP contribution in [0.3, 0.4) is 0 Å². The maximum atomic E-state index is 13.1. The Hall–Kier alpha value is -4.54. The van der Waals surface area contributed by atoms with Crippen molar-refractivity contribution < 1.29 is 23.1 Å². The van der Waals surface area contributed by atoms with Gasteiger partial charge >= 0.3 is 6.61 Å². The van der Waals surface area contributed by atoms with Gasteiger partial charge in [-0.25, -0.2) is 9.97 Å². The molecule has 196 valence electrons. The van der Waals surface area contributed by atoms with Gasteiger partial charge in [-0.1, -0.05) is 0 Å². The van der Waals surface area contributed by atoms with Crippen LogP contribution in [0.25, 0.3) is 16.9 Å². The number of aryl methyl sites for hydroxylation is 1. The number of alkyl halides is 2. The van der Waals surface area contributed by atoms with Crippen molar-refractivity contribution in [3.05, 3.63) is 72.2 Å². The Morgan fingerprint density at radius 2 is 1.71 bits per heavy atom. The van der Waals surface area contributed by atoms with E-state index in [0.717, 1.165) is 22.5 Å². The number of anilines is 2. The number of nitrogens with zero attached hydrogens (tertiary/aromatic N) is 5. The zero-order chi connectivity index (χ0) is 26.8. The molecule has 2 amide bonds. The fourth-order valence-electron chi connectivity index (χ4n) is 4.54. The topological polar surface area (TPSA) is 92.1 Å². The standard InChI is InChI=1S/C27H26F2N6O3/c1-17-15-20(5-8-22(17)26(37)34-13-11-33(12-14-34)18(2)36)32-24-25-31-16-23(35(25)10-9-30-24)19-3-6-21(7-4-19)38-27(28)29/h3-10,15-16,27H,11-14H2,1-2H3,(H,30,32). The lowest BCUT2D eigenvalue weighted by Crippen LogP contribution is -2.50. The molecule has 1 N–H and O–H groups in total. The number of carbonyl (C=O) groups is 2. The molecule has 38 heavy (non-hydrogen) atoms. The number of nitrogens with one attached hydrogen (secondary N) is 1. The van der Waals surface area contributed by atoms with E-state index in [-0.39, 0.29) is 17.6 Å². The molecule has 1 aliphatic rings. The van der Waals surface area contributed by atoms with Crippen LogP contribution >= 0.6 is 0 Å². The molecule has 4 aromatic rings. The molecule has 2 aromatic heterocycles. The average molecular weight is 521 g/mol. The quantitative estimate of drug-likeness (QED) is 0.406. The summed E-state index contributed by atoms with van der Waals surface area (Å²) in [6, 6.07) is 11.8. The maximum absolute atomic E-state index is 13.1. The van der Waals surface area contributed by atoms with Gasteiger partial charge in [-0.05, 0) is 55.0 Å². The van der Waals surface area contributed by atoms with Crippen molar-refractivity contribution in [3.8, 4) is 17.0 Å². The molecule has 0 spiro atoms. The summed E-state index contributed by atoms with van der Waals surface area (Å²) in [7, 11) is 0. The van der Waals surface area contributed by atoms with E-state index in [4.69, 9.17) is 0 Å². The number of ether oxygens (including phenoxy) is 1. The van der Waals surface area contributed by atoms with E-state index in [1.165, 1.54) is 12.1 Å². The minimum atomic E-state index is -2.88. The van der Waals surface area contributed by atoms with Gasteiger partial charge < -0.3 is 19.9 Å². The van der Waals surface area contributed by atoms with Crippen LogP contribution < -0.4 is 10.1 Å². The van der Waals surface area contributed by atoms with Crippen molar-refractivity contribution >= 4 is 29.0 Å². The van der Waals surface area contributed by atoms with Crippen LogP contribution in [-0.2, 0) is 4.79 Å². The number of hydrogen-bond acceptors (Lipinski definition) is 6. The predicted molar refractivity (Wildman–Crippen MR) is 138 cm³/mol. The lowest BCUT2D eigenvalue weighted by Gasteiger charge is -2.34. The molecule has 1 saturated heterocycles. The highest BCUT2D eigenvalue weighted by molar-refractivity contribution is 5.96. The Labute approximate surface area is 217 Å². The minimum absolute atomic E-state index is 0.0225. The monoisotopic (exact) mass is 520 g/mol. The van der Waals surface area contributed by atoms with Crippen LogP contribution in [0.4, 0.5) is 20.3 Å². The van der Waals surface area contributed by atoms with E-state index in [2.05, 4.69) is 20.0 Å². The zero-order valence-electron chi connectivity index (χ0n) is 20.9. The van der Waals surface area contributed by atoms with Crippen LogP contribution in [0.15, 0.2) is 61.1 Å². The first-order valence-corrected chi connectivity index (χ1v) is 12.1. The summed E-state index contributed by atoms with van der Waals surface area (Å²) in [6.45, 7) is 2.63. The molecular formula is C27H26F2N6O3. The lowest BCUT2D eigenvalue weighted by molar-refractivity contribution is -0.130. The number of aromatic nitrogens is 3. The molecule has 5 rings (SSSR count). The van der Waals surface area contributed by atoms with E-state index >= 15 is 0 Å². The second-order valence-corrected chi connectivity index (χ2v) is 8.97. The molecular weight excluding hydrogens is 494 g/mol. The second-order valence-electron chi connectivity index (χ2n) is 8.97. The van der Waals surface area contributed by atoms with E-state index in [9.17, 15) is 18.4 Å². The Morgan fingerprint density at radius 1 is 1.00 bits per heavy atom. The summed E-state index contributed by atoms with van der Waals surface area (Å²) in [4.78, 5) is 37.1. The van der Waals surface area contributed by atoms with Crippen molar-refractivity contribution in [2.24, 2.45) is 0 Å². The lowest BCUT2D eigenvalue weighted by atomic mass is 10.1. The van der Waals surface area contributed by atoms with Crippen molar-refractivity contribution in [1.82, 2.24) is 24.2 Å². The molecule has 0 atom stereocenters. The third kappa shape index (κ3) is 5.13. The van der Waals surface area contributed by atoms with E-state index < -0.39 is 6.61 Å². The zero-order valence-corrected chi connectivity index (χ0v) is 20.9. The first-order valence-electron chi connectivity index (χ1n) is 12.1. The van der Waals surface area contributed by atoms with E-state index in [0.29, 0.717) is 43.2 Å². The first kappa shape index (κ1) is 25.1. The average Bonchev–Trinajstić information content (AvgIpc) is 3.34. The number of halogens is 2. The third-order valence-corrected chi connectivity index (χ3v) is 6.54. The molecule has 0 saturated carbocycles. The largest absolute Gasteiger partial charge is 0.435 e. The Morgan fingerprint density at radius 3 is 2.37 bits per heavy atom. The highest BCUT2D eigenvalue weighted by Gasteiger charge is 2.24. The molecule has 0 bridgehead atoms. The maximum Gasteiger partial charge on any atom is 0.387 e. The van der Waals surface area contributed by atoms with Gasteiger partial charge in [0.15, 0.2) is 11.5 Å². The normalized spacial score (nSPS) is 13.7. The summed E-state index contributed by atoms with van der Waals surface area (Å²) in [5.41, 5.74) is 4.29. The van der Waals surface area contributed by atoms with Crippen LogP contribution in [-0.4, -0.2) is 68.8 Å². The van der Waals surface area contributed by atoms with Crippen LogP contribution in [0.1, 0.15) is 22.8 Å². The van der Waals surface area contributed by atoms with Gasteiger partial charge in [0.2, 0.25) is 5.91 Å². The van der Waals surface area contributed by atoms with Gasteiger partial charge in [-0.3, -0.25) is 14.0 Å². The van der Waals surface area contributed by atoms with Crippen LogP contribution in [0.5, 0.6) is 5.75 Å². The van der Waals surface area contributed by atoms with Crippen LogP contribution in [0, 0.1) is 6.92 Å². The number of piperazine rings is 1. The van der Waals surface area contributed by atoms with Gasteiger partial charge in [0, 0.05) is 62.3 Å². The Kier molecular flexibility index (Phi) is 6.91. The summed E-state index contributed by atoms with van der Waals surface area (Å²) < 4.78 is 31.2. The Bertz CT molecular complexity index is 1480. The molecule has 3 heterocycles. The van der Waals surface area contributed by atoms with Crippen molar-refractivity contribution in [2.45, 2.75) is 20.5 Å². The fraction of sp³-hybridized carbons (Fsp3) is 0.259. The SMILES string of the molecule is CC(=O)N1CCN(C(=O)c2ccc(Nc3nccn4c(-c5ccc(OC(F)F)cc5)cnc34)cc2C)CC1. The number of benzene rings is 2. The first-order chi connectivity index (χ1) is 18.3. The minimum Gasteiger partial charge on any atom is -0.435 e. The van der Waals surface area contributed by atoms with Crippen molar-refractivity contribution in [1.29, 1.82) is 0 Å². The highest BCUT2D eigenvalue weighted by atomic mass is 19.3. The van der Waals surface area contributed by atoms with Crippen LogP contribution in [0.2, 0.25) is 0 Å². The summed E-state index contributed by atoms with van der Waals surface area (Å²) in [6.07, 6.45) is 5.09. The number of amides is 2. The molecule has 0 aliphatic carbocycles. The molecule has 2 aromatic carbocycles. The fourth-order valence-corrected chi connectivity index (χ4v) is 4.54. The molecule has 1 aliphatic heterocycles. The summed E-state index contributed by atoms with van der Waals surface area (Å²) >= 11 is 0. The number of hydrogen-bond donors (Lipinski definition) is 1. The van der Waals surface area contributed by atoms with Crippen molar-refractivity contribution in [3.63, 3.8) is 0 Å². The van der Waals surface area contributed by atoms with Gasteiger partial charge in [-0.15, -0.1) is 0 Å². The van der Waals surface area contributed by atoms with Gasteiger partial charge in [0.05, 0.1) is 11.9 Å². The van der Waals surface area contributed by atoms with Gasteiger partial charge in [0.25, 0.3) is 5.91 Å². The molecule has 0 unspecified atom stereocenters. The third-order valence-electron chi connectivity index (χ3n) is 6.54. The highest BCUT2D eigenvalue weighted by Crippen LogP contribution is 2.28. The number of rotatable bonds is 6. The summed E-state index contributed by atoms with van der Waals surface area (Å²) in [5, 5.41) is 3.28. The van der Waals surface area contributed by atoms with Gasteiger partial charge in [-0.2, -0.15) is 8.78 Å². The smallest absolute Gasteiger partial charge is 0.387 e. The number of fused-ring (bicyclic) bond motifs is 1. The van der Waals surface area contributed by atoms with Crippen molar-refractivity contribution in [2.75, 3.05) is 31.5 Å².